The first-order chi connectivity index (χ1) is 10.4. The second kappa shape index (κ2) is 7.98. The minimum atomic E-state index is 0.592. The van der Waals surface area contributed by atoms with Gasteiger partial charge in [-0.1, -0.05) is 75.3 Å². The van der Waals surface area contributed by atoms with Crippen LogP contribution >= 0.6 is 0 Å². The van der Waals surface area contributed by atoms with Gasteiger partial charge in [0, 0.05) is 12.1 Å². The van der Waals surface area contributed by atoms with E-state index in [9.17, 15) is 0 Å². The summed E-state index contributed by atoms with van der Waals surface area (Å²) < 4.78 is 0. The minimum Gasteiger partial charge on any atom is -0.307 e. The molecule has 1 heteroatoms. The summed E-state index contributed by atoms with van der Waals surface area (Å²) >= 11 is 0. The first-order valence-electron chi connectivity index (χ1n) is 9.24. The van der Waals surface area contributed by atoms with Gasteiger partial charge in [0.25, 0.3) is 0 Å². The zero-order valence-corrected chi connectivity index (χ0v) is 13.4. The molecule has 3 rings (SSSR count). The van der Waals surface area contributed by atoms with E-state index in [-0.39, 0.29) is 0 Å². The Morgan fingerprint density at radius 3 is 1.95 bits per heavy atom. The SMILES string of the molecule is c1ccc(C(NC2CCCCCC2)C2CCCCC2)cc1. The van der Waals surface area contributed by atoms with Gasteiger partial charge in [-0.2, -0.15) is 0 Å². The number of benzene rings is 1. The smallest absolute Gasteiger partial charge is 0.0351 e. The second-order valence-electron chi connectivity index (χ2n) is 7.14. The van der Waals surface area contributed by atoms with Gasteiger partial charge in [0.2, 0.25) is 0 Å². The number of rotatable bonds is 4. The summed E-state index contributed by atoms with van der Waals surface area (Å²) in [4.78, 5) is 0. The van der Waals surface area contributed by atoms with Crippen LogP contribution in [0.5, 0.6) is 0 Å². The third kappa shape index (κ3) is 4.32. The van der Waals surface area contributed by atoms with Crippen LogP contribution in [0.3, 0.4) is 0 Å². The predicted octanol–water partition coefficient (Wildman–Crippen LogP) is 5.62. The van der Waals surface area contributed by atoms with Gasteiger partial charge in [0.15, 0.2) is 0 Å². The molecule has 0 aromatic heterocycles. The van der Waals surface area contributed by atoms with Crippen molar-refractivity contribution < 1.29 is 0 Å². The highest BCUT2D eigenvalue weighted by molar-refractivity contribution is 5.20. The molecule has 2 fully saturated rings. The van der Waals surface area contributed by atoms with E-state index in [1.54, 1.807) is 0 Å². The van der Waals surface area contributed by atoms with Crippen LogP contribution in [0.2, 0.25) is 0 Å². The van der Waals surface area contributed by atoms with Crippen LogP contribution in [0.4, 0.5) is 0 Å². The molecule has 0 saturated heterocycles. The average Bonchev–Trinajstić information content (AvgIpc) is 2.83. The van der Waals surface area contributed by atoms with Crippen molar-refractivity contribution in [1.82, 2.24) is 5.32 Å². The number of nitrogens with one attached hydrogen (secondary N) is 1. The predicted molar refractivity (Wildman–Crippen MR) is 90.4 cm³/mol. The highest BCUT2D eigenvalue weighted by Gasteiger charge is 2.27. The monoisotopic (exact) mass is 285 g/mol. The Morgan fingerprint density at radius 1 is 0.714 bits per heavy atom. The zero-order valence-electron chi connectivity index (χ0n) is 13.4. The van der Waals surface area contributed by atoms with Crippen LogP contribution < -0.4 is 5.32 Å². The molecule has 1 aromatic carbocycles. The molecule has 1 unspecified atom stereocenters. The van der Waals surface area contributed by atoms with E-state index >= 15 is 0 Å². The molecule has 0 aliphatic heterocycles. The van der Waals surface area contributed by atoms with Crippen molar-refractivity contribution in [2.75, 3.05) is 0 Å². The van der Waals surface area contributed by atoms with Crippen LogP contribution in [0.1, 0.15) is 82.2 Å². The Bertz CT molecular complexity index is 386. The molecule has 0 heterocycles. The normalized spacial score (nSPS) is 23.6. The lowest BCUT2D eigenvalue weighted by molar-refractivity contribution is 0.246. The van der Waals surface area contributed by atoms with Gasteiger partial charge in [-0.05, 0) is 37.2 Å². The van der Waals surface area contributed by atoms with Crippen LogP contribution in [0.25, 0.3) is 0 Å². The Balaban J connectivity index is 1.71. The second-order valence-corrected chi connectivity index (χ2v) is 7.14. The summed E-state index contributed by atoms with van der Waals surface area (Å²) in [6.45, 7) is 0. The molecule has 1 N–H and O–H groups in total. The van der Waals surface area contributed by atoms with Gasteiger partial charge >= 0.3 is 0 Å². The molecular weight excluding hydrogens is 254 g/mol. The Labute approximate surface area is 130 Å². The van der Waals surface area contributed by atoms with Gasteiger partial charge in [-0.3, -0.25) is 0 Å². The standard InChI is InChI=1S/C20H31N/c1-2-10-16-19(15-9-1)21-20(17-11-5-3-6-12-17)18-13-7-4-8-14-18/h3,5-6,11-12,18-21H,1-2,4,7-10,13-16H2. The Kier molecular flexibility index (Phi) is 5.74. The summed E-state index contributed by atoms with van der Waals surface area (Å²) in [6.07, 6.45) is 15.6. The molecule has 1 aromatic rings. The largest absolute Gasteiger partial charge is 0.307 e. The average molecular weight is 285 g/mol. The molecule has 1 atom stereocenters. The molecule has 21 heavy (non-hydrogen) atoms. The molecule has 2 aliphatic carbocycles. The lowest BCUT2D eigenvalue weighted by Crippen LogP contribution is -2.37. The zero-order chi connectivity index (χ0) is 14.3. The van der Waals surface area contributed by atoms with Crippen molar-refractivity contribution in [2.45, 2.75) is 82.7 Å². The fraction of sp³-hybridized carbons (Fsp3) is 0.700. The quantitative estimate of drug-likeness (QED) is 0.708. The lowest BCUT2D eigenvalue weighted by Gasteiger charge is -2.34. The van der Waals surface area contributed by atoms with E-state index in [2.05, 4.69) is 35.6 Å². The Morgan fingerprint density at radius 2 is 1.29 bits per heavy atom. The summed E-state index contributed by atoms with van der Waals surface area (Å²) in [5.74, 6) is 0.851. The molecule has 2 saturated carbocycles. The molecule has 0 bridgehead atoms. The first-order valence-corrected chi connectivity index (χ1v) is 9.24. The molecule has 2 aliphatic rings. The van der Waals surface area contributed by atoms with Crippen molar-refractivity contribution in [2.24, 2.45) is 5.92 Å². The van der Waals surface area contributed by atoms with Crippen molar-refractivity contribution in [3.63, 3.8) is 0 Å². The topological polar surface area (TPSA) is 12.0 Å². The van der Waals surface area contributed by atoms with Crippen molar-refractivity contribution in [1.29, 1.82) is 0 Å². The van der Waals surface area contributed by atoms with E-state index in [4.69, 9.17) is 0 Å². The molecule has 0 radical (unpaired) electrons. The lowest BCUT2D eigenvalue weighted by atomic mass is 9.80. The molecule has 0 spiro atoms. The van der Waals surface area contributed by atoms with Crippen molar-refractivity contribution in [3.05, 3.63) is 35.9 Å². The van der Waals surface area contributed by atoms with Gasteiger partial charge in [-0.25, -0.2) is 0 Å². The van der Waals surface area contributed by atoms with Crippen LogP contribution in [0.15, 0.2) is 30.3 Å². The van der Waals surface area contributed by atoms with E-state index < -0.39 is 0 Å². The maximum Gasteiger partial charge on any atom is 0.0351 e. The summed E-state index contributed by atoms with van der Waals surface area (Å²) in [5, 5.41) is 4.08. The third-order valence-corrected chi connectivity index (χ3v) is 5.55. The van der Waals surface area contributed by atoms with E-state index in [0.717, 1.165) is 12.0 Å². The fourth-order valence-electron chi connectivity index (χ4n) is 4.33. The molecule has 1 nitrogen and oxygen atoms in total. The summed E-state index contributed by atoms with van der Waals surface area (Å²) in [5.41, 5.74) is 1.52. The van der Waals surface area contributed by atoms with Crippen LogP contribution in [0, 0.1) is 5.92 Å². The highest BCUT2D eigenvalue weighted by Crippen LogP contribution is 2.35. The van der Waals surface area contributed by atoms with E-state index in [1.165, 1.54) is 76.2 Å². The summed E-state index contributed by atoms with van der Waals surface area (Å²) in [7, 11) is 0. The minimum absolute atomic E-state index is 0.592. The van der Waals surface area contributed by atoms with Crippen LogP contribution in [-0.4, -0.2) is 6.04 Å². The first kappa shape index (κ1) is 15.1. The Hall–Kier alpha value is -0.820. The molecule has 116 valence electrons. The molecular formula is C20H31N. The number of hydrogen-bond donors (Lipinski definition) is 1. The fourth-order valence-corrected chi connectivity index (χ4v) is 4.33. The van der Waals surface area contributed by atoms with Crippen molar-refractivity contribution in [3.8, 4) is 0 Å². The van der Waals surface area contributed by atoms with E-state index in [0.29, 0.717) is 6.04 Å². The van der Waals surface area contributed by atoms with Gasteiger partial charge in [0.1, 0.15) is 0 Å². The van der Waals surface area contributed by atoms with E-state index in [1.807, 2.05) is 0 Å². The summed E-state index contributed by atoms with van der Waals surface area (Å²) in [6, 6.07) is 12.6. The van der Waals surface area contributed by atoms with Crippen molar-refractivity contribution >= 4 is 0 Å². The van der Waals surface area contributed by atoms with Crippen LogP contribution in [-0.2, 0) is 0 Å². The highest BCUT2D eigenvalue weighted by atomic mass is 15.0. The maximum atomic E-state index is 4.08. The van der Waals surface area contributed by atoms with Gasteiger partial charge < -0.3 is 5.32 Å². The maximum absolute atomic E-state index is 4.08. The van der Waals surface area contributed by atoms with Gasteiger partial charge in [0.05, 0.1) is 0 Å². The number of hydrogen-bond acceptors (Lipinski definition) is 1. The van der Waals surface area contributed by atoms with Gasteiger partial charge in [-0.15, -0.1) is 0 Å². The molecule has 0 amide bonds. The third-order valence-electron chi connectivity index (χ3n) is 5.55.